The van der Waals surface area contributed by atoms with E-state index in [2.05, 4.69) is 22.4 Å². The van der Waals surface area contributed by atoms with Crippen molar-refractivity contribution in [2.75, 3.05) is 18.5 Å². The summed E-state index contributed by atoms with van der Waals surface area (Å²) in [6.45, 7) is 7.27. The molecule has 0 saturated heterocycles. The molecular weight excluding hydrogens is 254 g/mol. The zero-order valence-electron chi connectivity index (χ0n) is 12.1. The first-order valence-corrected chi connectivity index (χ1v) is 6.90. The third-order valence-electron chi connectivity index (χ3n) is 2.92. The maximum Gasteiger partial charge on any atom is 0.142 e. The van der Waals surface area contributed by atoms with E-state index in [1.165, 1.54) is 0 Å². The molecule has 0 amide bonds. The van der Waals surface area contributed by atoms with Crippen molar-refractivity contribution in [3.05, 3.63) is 36.2 Å². The molecule has 20 heavy (non-hydrogen) atoms. The van der Waals surface area contributed by atoms with Crippen LogP contribution in [0.3, 0.4) is 0 Å². The van der Waals surface area contributed by atoms with Crippen LogP contribution in [0.1, 0.15) is 32.5 Å². The number of benzene rings is 1. The summed E-state index contributed by atoms with van der Waals surface area (Å²) in [7, 11) is 0. The molecule has 1 unspecified atom stereocenters. The van der Waals surface area contributed by atoms with Crippen LogP contribution in [0.15, 0.2) is 30.5 Å². The second kappa shape index (κ2) is 6.84. The van der Waals surface area contributed by atoms with Crippen molar-refractivity contribution in [2.24, 2.45) is 0 Å². The molecule has 0 radical (unpaired) electrons. The number of nitrogens with zero attached hydrogens (tertiary/aromatic N) is 1. The molecule has 1 aromatic carbocycles. The fraction of sp³-hybridized carbons (Fsp3) is 0.400. The minimum absolute atomic E-state index is 0.105. The third kappa shape index (κ3) is 3.44. The summed E-state index contributed by atoms with van der Waals surface area (Å²) in [6, 6.07) is 7.86. The highest BCUT2D eigenvalue weighted by atomic mass is 16.5. The van der Waals surface area contributed by atoms with Crippen LogP contribution in [0.4, 0.5) is 5.69 Å². The Kier molecular flexibility index (Phi) is 4.87. The van der Waals surface area contributed by atoms with Gasteiger partial charge in [-0.3, -0.25) is 5.10 Å². The Balaban J connectivity index is 2.20. The number of aromatic nitrogens is 2. The van der Waals surface area contributed by atoms with Crippen molar-refractivity contribution >= 4 is 5.69 Å². The van der Waals surface area contributed by atoms with Crippen LogP contribution in [-0.2, 0) is 0 Å². The monoisotopic (exact) mass is 275 g/mol. The van der Waals surface area contributed by atoms with E-state index in [1.807, 2.05) is 38.1 Å². The molecule has 0 spiro atoms. The third-order valence-corrected chi connectivity index (χ3v) is 2.92. The van der Waals surface area contributed by atoms with E-state index < -0.39 is 0 Å². The molecule has 0 saturated carbocycles. The lowest BCUT2D eigenvalue weighted by Crippen LogP contribution is -2.09. The molecule has 0 aliphatic carbocycles. The number of H-pyrrole nitrogens is 1. The zero-order valence-corrected chi connectivity index (χ0v) is 12.1. The van der Waals surface area contributed by atoms with Gasteiger partial charge in [-0.1, -0.05) is 0 Å². The van der Waals surface area contributed by atoms with Gasteiger partial charge < -0.3 is 14.8 Å². The van der Waals surface area contributed by atoms with Gasteiger partial charge in [-0.2, -0.15) is 5.10 Å². The van der Waals surface area contributed by atoms with E-state index in [9.17, 15) is 0 Å². The molecule has 5 nitrogen and oxygen atoms in total. The number of hydrogen-bond acceptors (Lipinski definition) is 4. The van der Waals surface area contributed by atoms with Gasteiger partial charge in [0.25, 0.3) is 0 Å². The second-order valence-electron chi connectivity index (χ2n) is 4.40. The molecule has 5 heteroatoms. The molecule has 0 bridgehead atoms. The Hall–Kier alpha value is -2.17. The Morgan fingerprint density at radius 1 is 1.20 bits per heavy atom. The quantitative estimate of drug-likeness (QED) is 0.813. The zero-order chi connectivity index (χ0) is 14.4. The fourth-order valence-electron chi connectivity index (χ4n) is 1.98. The largest absolute Gasteiger partial charge is 0.494 e. The van der Waals surface area contributed by atoms with Crippen LogP contribution in [0.2, 0.25) is 0 Å². The summed E-state index contributed by atoms with van der Waals surface area (Å²) in [5.74, 6) is 1.65. The summed E-state index contributed by atoms with van der Waals surface area (Å²) in [4.78, 5) is 0. The van der Waals surface area contributed by atoms with Crippen molar-refractivity contribution in [3.8, 4) is 11.5 Å². The summed E-state index contributed by atoms with van der Waals surface area (Å²) >= 11 is 0. The van der Waals surface area contributed by atoms with Crippen LogP contribution in [0.5, 0.6) is 11.5 Å². The Labute approximate surface area is 119 Å². The average molecular weight is 275 g/mol. The minimum Gasteiger partial charge on any atom is -0.494 e. The highest BCUT2D eigenvalue weighted by Crippen LogP contribution is 2.32. The van der Waals surface area contributed by atoms with Crippen LogP contribution < -0.4 is 14.8 Å². The molecule has 108 valence electrons. The van der Waals surface area contributed by atoms with E-state index in [1.54, 1.807) is 6.20 Å². The van der Waals surface area contributed by atoms with Crippen LogP contribution in [0.25, 0.3) is 0 Å². The molecule has 1 aromatic heterocycles. The van der Waals surface area contributed by atoms with E-state index in [-0.39, 0.29) is 6.04 Å². The van der Waals surface area contributed by atoms with Crippen molar-refractivity contribution < 1.29 is 9.47 Å². The van der Waals surface area contributed by atoms with E-state index in [0.717, 1.165) is 22.9 Å². The molecule has 2 aromatic rings. The van der Waals surface area contributed by atoms with Gasteiger partial charge in [-0.15, -0.1) is 0 Å². The van der Waals surface area contributed by atoms with Crippen molar-refractivity contribution in [1.29, 1.82) is 0 Å². The first-order chi connectivity index (χ1) is 9.74. The molecule has 0 aliphatic heterocycles. The number of aromatic amines is 1. The van der Waals surface area contributed by atoms with Gasteiger partial charge in [0.15, 0.2) is 0 Å². The van der Waals surface area contributed by atoms with E-state index in [4.69, 9.17) is 9.47 Å². The van der Waals surface area contributed by atoms with Gasteiger partial charge in [0, 0.05) is 12.3 Å². The maximum absolute atomic E-state index is 5.64. The number of ether oxygens (including phenoxy) is 2. The molecule has 2 rings (SSSR count). The highest BCUT2D eigenvalue weighted by molar-refractivity contribution is 5.60. The lowest BCUT2D eigenvalue weighted by Gasteiger charge is -2.18. The smallest absolute Gasteiger partial charge is 0.142 e. The number of hydrogen-bond donors (Lipinski definition) is 2. The first kappa shape index (κ1) is 14.2. The summed E-state index contributed by atoms with van der Waals surface area (Å²) < 4.78 is 11.2. The molecule has 0 fully saturated rings. The summed E-state index contributed by atoms with van der Waals surface area (Å²) in [5, 5.41) is 10.4. The molecular formula is C15H21N3O2. The number of rotatable bonds is 7. The van der Waals surface area contributed by atoms with Crippen LogP contribution >= 0.6 is 0 Å². The average Bonchev–Trinajstić information content (AvgIpc) is 2.96. The summed E-state index contributed by atoms with van der Waals surface area (Å²) in [5.41, 5.74) is 1.94. The topological polar surface area (TPSA) is 59.2 Å². The summed E-state index contributed by atoms with van der Waals surface area (Å²) in [6.07, 6.45) is 1.74. The first-order valence-electron chi connectivity index (χ1n) is 6.90. The van der Waals surface area contributed by atoms with Crippen molar-refractivity contribution in [2.45, 2.75) is 26.8 Å². The van der Waals surface area contributed by atoms with Crippen molar-refractivity contribution in [3.63, 3.8) is 0 Å². The second-order valence-corrected chi connectivity index (χ2v) is 4.40. The van der Waals surface area contributed by atoms with Crippen molar-refractivity contribution in [1.82, 2.24) is 10.2 Å². The Morgan fingerprint density at radius 2 is 2.00 bits per heavy atom. The van der Waals surface area contributed by atoms with Crippen LogP contribution in [0, 0.1) is 0 Å². The lowest BCUT2D eigenvalue weighted by atomic mass is 10.2. The minimum atomic E-state index is 0.105. The lowest BCUT2D eigenvalue weighted by molar-refractivity contribution is 0.331. The number of anilines is 1. The molecule has 1 heterocycles. The van der Waals surface area contributed by atoms with Gasteiger partial charge in [0.1, 0.15) is 11.5 Å². The normalized spacial score (nSPS) is 11.9. The standard InChI is InChI=1S/C15H21N3O2/c1-4-19-12-6-7-15(20-5-2)14(10-12)17-11(3)13-8-9-16-18-13/h6-11,17H,4-5H2,1-3H3,(H,16,18). The Bertz CT molecular complexity index is 526. The molecule has 2 N–H and O–H groups in total. The predicted octanol–water partition coefficient (Wildman–Crippen LogP) is 3.38. The van der Waals surface area contributed by atoms with Gasteiger partial charge in [-0.05, 0) is 39.0 Å². The maximum atomic E-state index is 5.64. The molecule has 0 aliphatic rings. The Morgan fingerprint density at radius 3 is 2.65 bits per heavy atom. The molecule has 1 atom stereocenters. The van der Waals surface area contributed by atoms with Crippen LogP contribution in [-0.4, -0.2) is 23.4 Å². The van der Waals surface area contributed by atoms with E-state index in [0.29, 0.717) is 13.2 Å². The van der Waals surface area contributed by atoms with Gasteiger partial charge in [0.2, 0.25) is 0 Å². The van der Waals surface area contributed by atoms with Gasteiger partial charge in [-0.25, -0.2) is 0 Å². The highest BCUT2D eigenvalue weighted by Gasteiger charge is 2.11. The van der Waals surface area contributed by atoms with Gasteiger partial charge in [0.05, 0.1) is 30.6 Å². The number of nitrogens with one attached hydrogen (secondary N) is 2. The van der Waals surface area contributed by atoms with Gasteiger partial charge >= 0.3 is 0 Å². The predicted molar refractivity (Wildman–Crippen MR) is 79.4 cm³/mol. The fourth-order valence-corrected chi connectivity index (χ4v) is 1.98. The van der Waals surface area contributed by atoms with E-state index >= 15 is 0 Å². The SMILES string of the molecule is CCOc1ccc(OCC)c(NC(C)c2ccn[nH]2)c1.